The molecule has 1 unspecified atom stereocenters. The summed E-state index contributed by atoms with van der Waals surface area (Å²) in [7, 11) is 3.45. The molecule has 0 aliphatic heterocycles. The van der Waals surface area contributed by atoms with E-state index in [9.17, 15) is 0 Å². The number of benzene rings is 5. The first-order valence-corrected chi connectivity index (χ1v) is 14.4. The lowest BCUT2D eigenvalue weighted by molar-refractivity contribution is 0.354. The molecule has 0 saturated carbocycles. The summed E-state index contributed by atoms with van der Waals surface area (Å²) in [6.07, 6.45) is 0. The number of ether oxygens (including phenoxy) is 2. The molecule has 0 fully saturated rings. The van der Waals surface area contributed by atoms with Crippen molar-refractivity contribution in [2.75, 3.05) is 14.2 Å². The maximum Gasteiger partial charge on any atom is 0.161 e. The van der Waals surface area contributed by atoms with Crippen LogP contribution in [0.1, 0.15) is 55.6 Å². The molecule has 0 bridgehead atoms. The highest BCUT2D eigenvalue weighted by atomic mass is 16.5. The van der Waals surface area contributed by atoms with Gasteiger partial charge in [0.05, 0.1) is 19.6 Å². The van der Waals surface area contributed by atoms with E-state index in [1.807, 2.05) is 0 Å². The molecule has 204 valence electrons. The van der Waals surface area contributed by atoms with Gasteiger partial charge in [-0.25, -0.2) is 0 Å². The van der Waals surface area contributed by atoms with Crippen molar-refractivity contribution >= 4 is 0 Å². The maximum absolute atomic E-state index is 5.91. The van der Waals surface area contributed by atoms with Crippen LogP contribution in [0.2, 0.25) is 0 Å². The van der Waals surface area contributed by atoms with Crippen LogP contribution in [0.3, 0.4) is 0 Å². The summed E-state index contributed by atoms with van der Waals surface area (Å²) in [5.74, 6) is 1.52. The van der Waals surface area contributed by atoms with E-state index in [-0.39, 0.29) is 0 Å². The van der Waals surface area contributed by atoms with Crippen molar-refractivity contribution in [1.82, 2.24) is 0 Å². The molecule has 2 aliphatic carbocycles. The molecule has 5 aromatic carbocycles. The number of fused-ring (bicyclic) bond motifs is 10. The van der Waals surface area contributed by atoms with E-state index in [1.165, 1.54) is 89.0 Å². The first-order valence-electron chi connectivity index (χ1n) is 14.4. The standard InChI is InChI=1S/C39H36O2/c1-21-9-11-28-32-19-37(40-7)38(41-8)20-36(32)39(33(28)13-21)34-17-25(5)24(4)16-31(34)29-12-10-27(18-35(29)39)30-15-23(3)22(2)14-26(30)6/h9-20H,1-8H3. The van der Waals surface area contributed by atoms with E-state index >= 15 is 0 Å². The first kappa shape index (κ1) is 25.7. The molecule has 0 N–H and O–H groups in total. The summed E-state index contributed by atoms with van der Waals surface area (Å²) >= 11 is 0. The topological polar surface area (TPSA) is 18.5 Å². The Morgan fingerprint density at radius 2 is 0.927 bits per heavy atom. The quantitative estimate of drug-likeness (QED) is 0.224. The molecular weight excluding hydrogens is 500 g/mol. The van der Waals surface area contributed by atoms with Crippen LogP contribution in [0, 0.1) is 41.5 Å². The van der Waals surface area contributed by atoms with Gasteiger partial charge in [-0.15, -0.1) is 0 Å². The predicted octanol–water partition coefficient (Wildman–Crippen LogP) is 9.56. The number of methoxy groups -OCH3 is 2. The molecule has 0 heterocycles. The SMILES string of the molecule is COc1cc2c(cc1OC)C1(c3cc(C)ccc3-2)c2cc(-c3cc(C)c(C)cc3C)ccc2-c2cc(C)c(C)cc21. The van der Waals surface area contributed by atoms with Gasteiger partial charge in [0.1, 0.15) is 0 Å². The maximum atomic E-state index is 5.91. The molecule has 1 spiro atoms. The molecule has 1 atom stereocenters. The molecule has 2 nitrogen and oxygen atoms in total. The molecule has 0 radical (unpaired) electrons. The molecule has 0 saturated heterocycles. The Hall–Kier alpha value is -4.30. The van der Waals surface area contributed by atoms with Crippen molar-refractivity contribution < 1.29 is 9.47 Å². The summed E-state index contributed by atoms with van der Waals surface area (Å²) in [5.41, 5.74) is 20.3. The fourth-order valence-electron chi connectivity index (χ4n) is 7.36. The molecule has 2 aliphatic rings. The third-order valence-corrected chi connectivity index (χ3v) is 9.70. The summed E-state index contributed by atoms with van der Waals surface area (Å²) in [4.78, 5) is 0. The van der Waals surface area contributed by atoms with Crippen molar-refractivity contribution in [3.8, 4) is 44.9 Å². The van der Waals surface area contributed by atoms with E-state index in [0.29, 0.717) is 0 Å². The molecule has 0 aromatic heterocycles. The van der Waals surface area contributed by atoms with Crippen LogP contribution in [0.5, 0.6) is 11.5 Å². The predicted molar refractivity (Wildman–Crippen MR) is 170 cm³/mol. The Kier molecular flexibility index (Phi) is 5.54. The summed E-state index contributed by atoms with van der Waals surface area (Å²) in [6.45, 7) is 13.3. The number of aryl methyl sites for hydroxylation is 6. The Labute approximate surface area is 243 Å². The first-order chi connectivity index (χ1) is 19.7. The van der Waals surface area contributed by atoms with Crippen LogP contribution in [0.4, 0.5) is 0 Å². The largest absolute Gasteiger partial charge is 0.493 e. The van der Waals surface area contributed by atoms with E-state index < -0.39 is 5.41 Å². The van der Waals surface area contributed by atoms with Crippen LogP contribution in [-0.4, -0.2) is 14.2 Å². The minimum Gasteiger partial charge on any atom is -0.493 e. The minimum absolute atomic E-state index is 0.455. The normalized spacial score (nSPS) is 15.9. The van der Waals surface area contributed by atoms with E-state index in [2.05, 4.69) is 114 Å². The van der Waals surface area contributed by atoms with E-state index in [0.717, 1.165) is 11.5 Å². The second-order valence-electron chi connectivity index (χ2n) is 12.0. The van der Waals surface area contributed by atoms with Gasteiger partial charge >= 0.3 is 0 Å². The minimum atomic E-state index is -0.455. The zero-order valence-corrected chi connectivity index (χ0v) is 25.2. The second-order valence-corrected chi connectivity index (χ2v) is 12.0. The lowest BCUT2D eigenvalue weighted by Crippen LogP contribution is -2.26. The number of hydrogen-bond acceptors (Lipinski definition) is 2. The average molecular weight is 537 g/mol. The van der Waals surface area contributed by atoms with Gasteiger partial charge in [-0.3, -0.25) is 0 Å². The third kappa shape index (κ3) is 3.37. The van der Waals surface area contributed by atoms with Crippen molar-refractivity contribution in [3.63, 3.8) is 0 Å². The third-order valence-electron chi connectivity index (χ3n) is 9.70. The molecule has 2 heteroatoms. The highest BCUT2D eigenvalue weighted by molar-refractivity contribution is 5.97. The number of rotatable bonds is 3. The van der Waals surface area contributed by atoms with Crippen LogP contribution >= 0.6 is 0 Å². The van der Waals surface area contributed by atoms with Crippen LogP contribution in [0.25, 0.3) is 33.4 Å². The lowest BCUT2D eigenvalue weighted by atomic mass is 9.69. The molecule has 5 aromatic rings. The highest BCUT2D eigenvalue weighted by Crippen LogP contribution is 2.64. The van der Waals surface area contributed by atoms with Crippen LogP contribution < -0.4 is 9.47 Å². The van der Waals surface area contributed by atoms with Gasteiger partial charge in [-0.05, 0) is 143 Å². The Bertz CT molecular complexity index is 1930. The molecule has 7 rings (SSSR count). The summed E-state index contributed by atoms with van der Waals surface area (Å²) in [5, 5.41) is 0. The van der Waals surface area contributed by atoms with Gasteiger partial charge in [-0.2, -0.15) is 0 Å². The van der Waals surface area contributed by atoms with Crippen LogP contribution in [-0.2, 0) is 5.41 Å². The smallest absolute Gasteiger partial charge is 0.161 e. The number of hydrogen-bond donors (Lipinski definition) is 0. The Balaban J connectivity index is 1.65. The van der Waals surface area contributed by atoms with Gasteiger partial charge < -0.3 is 9.47 Å². The fraction of sp³-hybridized carbons (Fsp3) is 0.231. The Morgan fingerprint density at radius 1 is 0.415 bits per heavy atom. The molecule has 41 heavy (non-hydrogen) atoms. The van der Waals surface area contributed by atoms with E-state index in [1.54, 1.807) is 14.2 Å². The highest BCUT2D eigenvalue weighted by Gasteiger charge is 2.52. The van der Waals surface area contributed by atoms with Crippen molar-refractivity contribution in [2.45, 2.75) is 47.0 Å². The average Bonchev–Trinajstić information content (AvgIpc) is 3.39. The van der Waals surface area contributed by atoms with Gasteiger partial charge in [0.25, 0.3) is 0 Å². The van der Waals surface area contributed by atoms with Gasteiger partial charge in [0.2, 0.25) is 0 Å². The summed E-state index contributed by atoms with van der Waals surface area (Å²) in [6, 6.07) is 28.0. The second kappa shape index (κ2) is 8.85. The monoisotopic (exact) mass is 536 g/mol. The van der Waals surface area contributed by atoms with Crippen molar-refractivity contribution in [3.05, 3.63) is 128 Å². The zero-order chi connectivity index (χ0) is 28.8. The zero-order valence-electron chi connectivity index (χ0n) is 25.2. The van der Waals surface area contributed by atoms with Crippen molar-refractivity contribution in [2.24, 2.45) is 0 Å². The lowest BCUT2D eigenvalue weighted by Gasteiger charge is -2.31. The van der Waals surface area contributed by atoms with Crippen molar-refractivity contribution in [1.29, 1.82) is 0 Å². The van der Waals surface area contributed by atoms with Gasteiger partial charge in [-0.1, -0.05) is 60.2 Å². The van der Waals surface area contributed by atoms with E-state index in [4.69, 9.17) is 9.47 Å². The van der Waals surface area contributed by atoms with Gasteiger partial charge in [0.15, 0.2) is 11.5 Å². The van der Waals surface area contributed by atoms with Crippen LogP contribution in [0.15, 0.2) is 72.8 Å². The molecular formula is C39H36O2. The van der Waals surface area contributed by atoms with Gasteiger partial charge in [0, 0.05) is 0 Å². The molecule has 0 amide bonds. The summed E-state index contributed by atoms with van der Waals surface area (Å²) < 4.78 is 11.7. The Morgan fingerprint density at radius 3 is 1.63 bits per heavy atom. The fourth-order valence-corrected chi connectivity index (χ4v) is 7.36.